The van der Waals surface area contributed by atoms with Crippen LogP contribution >= 0.6 is 15.9 Å². The molecule has 1 aliphatic heterocycles. The lowest BCUT2D eigenvalue weighted by Gasteiger charge is -2.25. The lowest BCUT2D eigenvalue weighted by Crippen LogP contribution is -2.36. The van der Waals surface area contributed by atoms with E-state index >= 15 is 0 Å². The van der Waals surface area contributed by atoms with Crippen molar-refractivity contribution in [2.45, 2.75) is 19.3 Å². The summed E-state index contributed by atoms with van der Waals surface area (Å²) in [7, 11) is 0. The summed E-state index contributed by atoms with van der Waals surface area (Å²) in [6.45, 7) is 2.44. The summed E-state index contributed by atoms with van der Waals surface area (Å²) < 4.78 is 0.988. The van der Waals surface area contributed by atoms with Gasteiger partial charge in [-0.05, 0) is 62.3 Å². The van der Waals surface area contributed by atoms with Crippen molar-refractivity contribution >= 4 is 49.9 Å². The number of likely N-dealkylation sites (tertiary alicyclic amines) is 1. The maximum Gasteiger partial charge on any atom is 0.238 e. The second-order valence-corrected chi connectivity index (χ2v) is 7.89. The number of aromatic nitrogens is 2. The van der Waals surface area contributed by atoms with Gasteiger partial charge in [-0.3, -0.25) is 9.69 Å². The van der Waals surface area contributed by atoms with E-state index in [1.54, 1.807) is 0 Å². The van der Waals surface area contributed by atoms with Crippen LogP contribution in [0.15, 0.2) is 53.3 Å². The zero-order valence-electron chi connectivity index (χ0n) is 15.5. The first-order valence-electron chi connectivity index (χ1n) is 9.47. The van der Waals surface area contributed by atoms with Crippen molar-refractivity contribution in [3.8, 4) is 0 Å². The number of hydrogen-bond acceptors (Lipinski definition) is 5. The Bertz CT molecular complexity index is 987. The van der Waals surface area contributed by atoms with Gasteiger partial charge < -0.3 is 10.6 Å². The van der Waals surface area contributed by atoms with Crippen molar-refractivity contribution in [1.29, 1.82) is 0 Å². The highest BCUT2D eigenvalue weighted by Gasteiger charge is 2.14. The van der Waals surface area contributed by atoms with E-state index in [-0.39, 0.29) is 5.91 Å². The number of hydrogen-bond donors (Lipinski definition) is 2. The number of carbonyl (C=O) groups excluding carboxylic acids is 1. The van der Waals surface area contributed by atoms with Gasteiger partial charge in [-0.1, -0.05) is 28.4 Å². The monoisotopic (exact) mass is 439 g/mol. The van der Waals surface area contributed by atoms with Gasteiger partial charge in [0.25, 0.3) is 0 Å². The maximum absolute atomic E-state index is 12.4. The lowest BCUT2D eigenvalue weighted by atomic mass is 10.1. The van der Waals surface area contributed by atoms with E-state index in [1.807, 2.05) is 42.5 Å². The molecule has 0 radical (unpaired) electrons. The minimum atomic E-state index is 0.0135. The normalized spacial score (nSPS) is 14.8. The molecule has 1 amide bonds. The second-order valence-electron chi connectivity index (χ2n) is 6.97. The van der Waals surface area contributed by atoms with Crippen LogP contribution in [0.25, 0.3) is 10.9 Å². The molecular weight excluding hydrogens is 418 g/mol. The number of carbonyl (C=O) groups is 1. The predicted molar refractivity (Wildman–Crippen MR) is 116 cm³/mol. The first kappa shape index (κ1) is 18.8. The third-order valence-corrected chi connectivity index (χ3v) is 5.32. The number of piperidine rings is 1. The molecule has 0 bridgehead atoms. The molecule has 4 rings (SSSR count). The molecule has 0 saturated carbocycles. The average Bonchev–Trinajstić information content (AvgIpc) is 2.69. The fourth-order valence-electron chi connectivity index (χ4n) is 3.46. The van der Waals surface area contributed by atoms with Crippen LogP contribution in [0.2, 0.25) is 0 Å². The molecule has 1 aromatic heterocycles. The molecule has 0 aliphatic carbocycles. The SMILES string of the molecule is O=C(CN1CCCCC1)Nc1ccc2ncnc(Nc3cccc(Br)c3)c2c1. The molecule has 1 aliphatic rings. The molecule has 2 N–H and O–H groups in total. The molecule has 0 unspecified atom stereocenters. The predicted octanol–water partition coefficient (Wildman–Crippen LogP) is 4.56. The first-order valence-corrected chi connectivity index (χ1v) is 10.3. The summed E-state index contributed by atoms with van der Waals surface area (Å²) in [5.41, 5.74) is 2.50. The number of halogens is 1. The Kier molecular flexibility index (Phi) is 5.83. The highest BCUT2D eigenvalue weighted by Crippen LogP contribution is 2.27. The topological polar surface area (TPSA) is 70.2 Å². The highest BCUT2D eigenvalue weighted by molar-refractivity contribution is 9.10. The molecule has 2 aromatic carbocycles. The van der Waals surface area contributed by atoms with E-state index in [1.165, 1.54) is 25.6 Å². The summed E-state index contributed by atoms with van der Waals surface area (Å²) >= 11 is 3.48. The molecule has 0 atom stereocenters. The van der Waals surface area contributed by atoms with Gasteiger partial charge in [0.15, 0.2) is 0 Å². The fraction of sp³-hybridized carbons (Fsp3) is 0.286. The van der Waals surface area contributed by atoms with Crippen molar-refractivity contribution in [2.75, 3.05) is 30.3 Å². The Hall–Kier alpha value is -2.51. The number of nitrogens with zero attached hydrogens (tertiary/aromatic N) is 3. The Morgan fingerprint density at radius 1 is 1.04 bits per heavy atom. The molecule has 28 heavy (non-hydrogen) atoms. The molecule has 3 aromatic rings. The number of anilines is 3. The van der Waals surface area contributed by atoms with Crippen LogP contribution in [0, 0.1) is 0 Å². The standard InChI is InChI=1S/C21H22BrN5O/c22-15-5-4-6-16(11-15)26-21-18-12-17(7-8-19(18)23-14-24-21)25-20(28)13-27-9-2-1-3-10-27/h4-8,11-12,14H,1-3,9-10,13H2,(H,25,28)(H,23,24,26). The van der Waals surface area contributed by atoms with Gasteiger partial charge in [0, 0.05) is 21.2 Å². The Morgan fingerprint density at radius 3 is 2.71 bits per heavy atom. The molecule has 1 fully saturated rings. The molecule has 144 valence electrons. The van der Waals surface area contributed by atoms with E-state index < -0.39 is 0 Å². The van der Waals surface area contributed by atoms with Gasteiger partial charge in [0.05, 0.1) is 12.1 Å². The van der Waals surface area contributed by atoms with E-state index in [4.69, 9.17) is 0 Å². The van der Waals surface area contributed by atoms with Gasteiger partial charge in [-0.25, -0.2) is 9.97 Å². The highest BCUT2D eigenvalue weighted by atomic mass is 79.9. The van der Waals surface area contributed by atoms with Crippen LogP contribution in [0.3, 0.4) is 0 Å². The summed E-state index contributed by atoms with van der Waals surface area (Å²) in [6, 6.07) is 13.6. The Balaban J connectivity index is 1.53. The van der Waals surface area contributed by atoms with Crippen LogP contribution in [-0.2, 0) is 4.79 Å². The minimum absolute atomic E-state index is 0.0135. The number of fused-ring (bicyclic) bond motifs is 1. The van der Waals surface area contributed by atoms with Gasteiger partial charge in [-0.15, -0.1) is 0 Å². The zero-order valence-corrected chi connectivity index (χ0v) is 17.1. The lowest BCUT2D eigenvalue weighted by molar-refractivity contribution is -0.117. The third-order valence-electron chi connectivity index (χ3n) is 4.82. The molecule has 7 heteroatoms. The van der Waals surface area contributed by atoms with Crippen LogP contribution in [-0.4, -0.2) is 40.4 Å². The largest absolute Gasteiger partial charge is 0.340 e. The number of benzene rings is 2. The fourth-order valence-corrected chi connectivity index (χ4v) is 3.86. The quantitative estimate of drug-likeness (QED) is 0.609. The van der Waals surface area contributed by atoms with Crippen molar-refractivity contribution < 1.29 is 4.79 Å². The Labute approximate surface area is 172 Å². The average molecular weight is 440 g/mol. The summed E-state index contributed by atoms with van der Waals surface area (Å²) in [5, 5.41) is 7.20. The first-order chi connectivity index (χ1) is 13.7. The van der Waals surface area contributed by atoms with E-state index in [0.29, 0.717) is 12.4 Å². The second kappa shape index (κ2) is 8.67. The van der Waals surface area contributed by atoms with Gasteiger partial charge in [0.1, 0.15) is 12.1 Å². The molecule has 6 nitrogen and oxygen atoms in total. The summed E-state index contributed by atoms with van der Waals surface area (Å²) in [4.78, 5) is 23.4. The van der Waals surface area contributed by atoms with Crippen molar-refractivity contribution in [3.05, 3.63) is 53.3 Å². The Morgan fingerprint density at radius 2 is 1.89 bits per heavy atom. The molecule has 0 spiro atoms. The number of nitrogens with one attached hydrogen (secondary N) is 2. The van der Waals surface area contributed by atoms with E-state index in [2.05, 4.69) is 41.4 Å². The molecular formula is C21H22BrN5O. The number of rotatable bonds is 5. The van der Waals surface area contributed by atoms with Crippen LogP contribution in [0.4, 0.5) is 17.2 Å². The van der Waals surface area contributed by atoms with Gasteiger partial charge in [0.2, 0.25) is 5.91 Å². The van der Waals surface area contributed by atoms with E-state index in [0.717, 1.165) is 39.8 Å². The minimum Gasteiger partial charge on any atom is -0.340 e. The number of amides is 1. The van der Waals surface area contributed by atoms with Crippen LogP contribution in [0.1, 0.15) is 19.3 Å². The zero-order chi connectivity index (χ0) is 19.3. The summed E-state index contributed by atoms with van der Waals surface area (Å²) in [5.74, 6) is 0.717. The maximum atomic E-state index is 12.4. The molecule has 1 saturated heterocycles. The smallest absolute Gasteiger partial charge is 0.238 e. The van der Waals surface area contributed by atoms with E-state index in [9.17, 15) is 4.79 Å². The van der Waals surface area contributed by atoms with Crippen LogP contribution in [0.5, 0.6) is 0 Å². The van der Waals surface area contributed by atoms with Crippen LogP contribution < -0.4 is 10.6 Å². The van der Waals surface area contributed by atoms with Crippen molar-refractivity contribution in [3.63, 3.8) is 0 Å². The summed E-state index contributed by atoms with van der Waals surface area (Å²) in [6.07, 6.45) is 5.14. The van der Waals surface area contributed by atoms with Crippen molar-refractivity contribution in [2.24, 2.45) is 0 Å². The van der Waals surface area contributed by atoms with Gasteiger partial charge >= 0.3 is 0 Å². The third kappa shape index (κ3) is 4.66. The van der Waals surface area contributed by atoms with Crippen molar-refractivity contribution in [1.82, 2.24) is 14.9 Å². The molecule has 2 heterocycles. The van der Waals surface area contributed by atoms with Gasteiger partial charge in [-0.2, -0.15) is 0 Å².